The molecule has 7 heteroatoms. The summed E-state index contributed by atoms with van der Waals surface area (Å²) in [5.74, 6) is 0.565. The minimum atomic E-state index is -0.318. The Labute approximate surface area is 139 Å². The standard InChI is InChI=1S/C17H19FN6/c1-12-15-16(23-9-7-22(2)8-10-23)19-11-20-17(15)24(21-12)14-6-4-3-5-13(14)18/h3-6,11H,7-10H2,1-2H3. The molecule has 1 saturated heterocycles. The number of aryl methyl sites for hydroxylation is 1. The third-order valence-electron chi connectivity index (χ3n) is 4.50. The molecule has 124 valence electrons. The van der Waals surface area contributed by atoms with E-state index in [2.05, 4.69) is 31.9 Å². The first-order chi connectivity index (χ1) is 11.6. The van der Waals surface area contributed by atoms with E-state index in [0.717, 1.165) is 43.1 Å². The maximum Gasteiger partial charge on any atom is 0.168 e. The molecule has 0 saturated carbocycles. The predicted octanol–water partition coefficient (Wildman–Crippen LogP) is 2.01. The van der Waals surface area contributed by atoms with Crippen LogP contribution in [-0.4, -0.2) is 57.9 Å². The maximum atomic E-state index is 14.2. The first-order valence-corrected chi connectivity index (χ1v) is 8.04. The zero-order valence-electron chi connectivity index (χ0n) is 13.8. The maximum absolute atomic E-state index is 14.2. The van der Waals surface area contributed by atoms with Crippen molar-refractivity contribution in [1.29, 1.82) is 0 Å². The molecule has 1 aliphatic rings. The molecule has 0 unspecified atom stereocenters. The summed E-state index contributed by atoms with van der Waals surface area (Å²) in [6.45, 7) is 5.72. The smallest absolute Gasteiger partial charge is 0.168 e. The summed E-state index contributed by atoms with van der Waals surface area (Å²) in [5, 5.41) is 5.42. The molecule has 4 rings (SSSR count). The van der Waals surface area contributed by atoms with E-state index in [1.807, 2.05) is 6.92 Å². The van der Waals surface area contributed by atoms with Crippen molar-refractivity contribution < 1.29 is 4.39 Å². The molecular weight excluding hydrogens is 307 g/mol. The van der Waals surface area contributed by atoms with Crippen LogP contribution in [0, 0.1) is 12.7 Å². The molecule has 0 amide bonds. The molecule has 6 nitrogen and oxygen atoms in total. The molecule has 0 aliphatic carbocycles. The van der Waals surface area contributed by atoms with E-state index in [9.17, 15) is 4.39 Å². The molecule has 0 N–H and O–H groups in total. The average Bonchev–Trinajstić information content (AvgIpc) is 2.93. The lowest BCUT2D eigenvalue weighted by molar-refractivity contribution is 0.312. The van der Waals surface area contributed by atoms with Crippen LogP contribution in [-0.2, 0) is 0 Å². The number of hydrogen-bond acceptors (Lipinski definition) is 5. The Hall–Kier alpha value is -2.54. The van der Waals surface area contributed by atoms with Crippen LogP contribution in [0.15, 0.2) is 30.6 Å². The van der Waals surface area contributed by atoms with Crippen LogP contribution in [0.3, 0.4) is 0 Å². The van der Waals surface area contributed by atoms with E-state index < -0.39 is 0 Å². The van der Waals surface area contributed by atoms with Crippen LogP contribution >= 0.6 is 0 Å². The Balaban J connectivity index is 1.86. The minimum absolute atomic E-state index is 0.318. The van der Waals surface area contributed by atoms with Crippen molar-refractivity contribution in [2.75, 3.05) is 38.1 Å². The summed E-state index contributed by atoms with van der Waals surface area (Å²) in [7, 11) is 2.12. The fraction of sp³-hybridized carbons (Fsp3) is 0.353. The number of anilines is 1. The Morgan fingerprint density at radius 3 is 2.54 bits per heavy atom. The Morgan fingerprint density at radius 1 is 1.04 bits per heavy atom. The molecule has 24 heavy (non-hydrogen) atoms. The van der Waals surface area contributed by atoms with Crippen molar-refractivity contribution >= 4 is 16.9 Å². The van der Waals surface area contributed by atoms with Gasteiger partial charge in [0, 0.05) is 26.2 Å². The highest BCUT2D eigenvalue weighted by molar-refractivity contribution is 5.90. The van der Waals surface area contributed by atoms with Gasteiger partial charge >= 0.3 is 0 Å². The Kier molecular flexibility index (Phi) is 3.65. The van der Waals surface area contributed by atoms with E-state index in [1.54, 1.807) is 22.9 Å². The number of nitrogens with zero attached hydrogens (tertiary/aromatic N) is 6. The summed E-state index contributed by atoms with van der Waals surface area (Å²) in [5.41, 5.74) is 1.85. The third kappa shape index (κ3) is 2.41. The van der Waals surface area contributed by atoms with Crippen molar-refractivity contribution in [3.8, 4) is 5.69 Å². The van der Waals surface area contributed by atoms with Gasteiger partial charge in [0.15, 0.2) is 5.65 Å². The number of rotatable bonds is 2. The van der Waals surface area contributed by atoms with Crippen molar-refractivity contribution in [3.05, 3.63) is 42.1 Å². The summed E-state index contributed by atoms with van der Waals surface area (Å²) >= 11 is 0. The normalized spacial score (nSPS) is 16.0. The predicted molar refractivity (Wildman–Crippen MR) is 91.1 cm³/mol. The molecular formula is C17H19FN6. The monoisotopic (exact) mass is 326 g/mol. The SMILES string of the molecule is Cc1nn(-c2ccccc2F)c2ncnc(N3CCN(C)CC3)c12. The number of halogens is 1. The van der Waals surface area contributed by atoms with Gasteiger partial charge in [-0.2, -0.15) is 5.10 Å². The van der Waals surface area contributed by atoms with Crippen molar-refractivity contribution in [2.45, 2.75) is 6.92 Å². The van der Waals surface area contributed by atoms with E-state index in [1.165, 1.54) is 12.4 Å². The molecule has 0 radical (unpaired) electrons. The zero-order chi connectivity index (χ0) is 16.7. The fourth-order valence-electron chi connectivity index (χ4n) is 3.15. The molecule has 2 aromatic heterocycles. The van der Waals surface area contributed by atoms with E-state index >= 15 is 0 Å². The van der Waals surface area contributed by atoms with Gasteiger partial charge in [-0.1, -0.05) is 12.1 Å². The topological polar surface area (TPSA) is 50.1 Å². The van der Waals surface area contributed by atoms with Crippen molar-refractivity contribution in [3.63, 3.8) is 0 Å². The first kappa shape index (κ1) is 15.0. The number of benzene rings is 1. The number of aromatic nitrogens is 4. The highest BCUT2D eigenvalue weighted by atomic mass is 19.1. The minimum Gasteiger partial charge on any atom is -0.353 e. The average molecular weight is 326 g/mol. The van der Waals surface area contributed by atoms with E-state index in [-0.39, 0.29) is 5.82 Å². The Bertz CT molecular complexity index is 882. The van der Waals surface area contributed by atoms with Crippen molar-refractivity contribution in [1.82, 2.24) is 24.6 Å². The molecule has 3 aromatic rings. The molecule has 0 bridgehead atoms. The number of hydrogen-bond donors (Lipinski definition) is 0. The van der Waals surface area contributed by atoms with Gasteiger partial charge in [0.2, 0.25) is 0 Å². The molecule has 1 aromatic carbocycles. The third-order valence-corrected chi connectivity index (χ3v) is 4.50. The lowest BCUT2D eigenvalue weighted by atomic mass is 10.2. The van der Waals surface area contributed by atoms with Crippen LogP contribution in [0.5, 0.6) is 0 Å². The summed E-state index contributed by atoms with van der Waals surface area (Å²) in [4.78, 5) is 13.4. The molecule has 0 atom stereocenters. The van der Waals surface area contributed by atoms with Crippen LogP contribution in [0.25, 0.3) is 16.7 Å². The van der Waals surface area contributed by atoms with E-state index in [4.69, 9.17) is 0 Å². The van der Waals surface area contributed by atoms with Gasteiger partial charge in [0.05, 0.1) is 11.1 Å². The lowest BCUT2D eigenvalue weighted by Crippen LogP contribution is -2.44. The van der Waals surface area contributed by atoms with Crippen LogP contribution in [0.4, 0.5) is 10.2 Å². The Morgan fingerprint density at radius 2 is 1.79 bits per heavy atom. The van der Waals surface area contributed by atoms with Gasteiger partial charge in [-0.05, 0) is 26.1 Å². The quantitative estimate of drug-likeness (QED) is 0.721. The first-order valence-electron chi connectivity index (χ1n) is 8.04. The van der Waals surface area contributed by atoms with Gasteiger partial charge in [-0.25, -0.2) is 19.0 Å². The van der Waals surface area contributed by atoms with Gasteiger partial charge in [0.1, 0.15) is 23.6 Å². The number of piperazine rings is 1. The van der Waals surface area contributed by atoms with Crippen LogP contribution in [0.1, 0.15) is 5.69 Å². The zero-order valence-corrected chi connectivity index (χ0v) is 13.8. The van der Waals surface area contributed by atoms with Gasteiger partial charge in [0.25, 0.3) is 0 Å². The summed E-state index contributed by atoms with van der Waals surface area (Å²) in [6, 6.07) is 6.60. The number of fused-ring (bicyclic) bond motifs is 1. The molecule has 1 fully saturated rings. The highest BCUT2D eigenvalue weighted by Crippen LogP contribution is 2.29. The van der Waals surface area contributed by atoms with E-state index in [0.29, 0.717) is 11.3 Å². The summed E-state index contributed by atoms with van der Waals surface area (Å²) in [6.07, 6.45) is 1.54. The second-order valence-electron chi connectivity index (χ2n) is 6.13. The number of para-hydroxylation sites is 1. The molecule has 3 heterocycles. The fourth-order valence-corrected chi connectivity index (χ4v) is 3.15. The van der Waals surface area contributed by atoms with Gasteiger partial charge < -0.3 is 9.80 Å². The largest absolute Gasteiger partial charge is 0.353 e. The van der Waals surface area contributed by atoms with Gasteiger partial charge in [-0.15, -0.1) is 0 Å². The molecule has 1 aliphatic heterocycles. The second kappa shape index (κ2) is 5.83. The van der Waals surface area contributed by atoms with Gasteiger partial charge in [-0.3, -0.25) is 0 Å². The molecule has 0 spiro atoms. The highest BCUT2D eigenvalue weighted by Gasteiger charge is 2.22. The number of likely N-dealkylation sites (N-methyl/N-ethyl adjacent to an activating group) is 1. The lowest BCUT2D eigenvalue weighted by Gasteiger charge is -2.33. The van der Waals surface area contributed by atoms with Crippen molar-refractivity contribution in [2.24, 2.45) is 0 Å². The van der Waals surface area contributed by atoms with Crippen LogP contribution in [0.2, 0.25) is 0 Å². The second-order valence-corrected chi connectivity index (χ2v) is 6.13. The summed E-state index contributed by atoms with van der Waals surface area (Å²) < 4.78 is 15.8. The van der Waals surface area contributed by atoms with Crippen LogP contribution < -0.4 is 4.90 Å².